The molecule has 2 unspecified atom stereocenters. The summed E-state index contributed by atoms with van der Waals surface area (Å²) in [6.45, 7) is 0. The molecular weight excluding hydrogens is 331 g/mol. The van der Waals surface area contributed by atoms with Crippen LogP contribution in [-0.4, -0.2) is 12.0 Å². The summed E-state index contributed by atoms with van der Waals surface area (Å²) in [5, 5.41) is 3.29. The van der Waals surface area contributed by atoms with Gasteiger partial charge in [-0.15, -0.1) is 0 Å². The zero-order valence-corrected chi connectivity index (χ0v) is 13.5. The molecule has 1 N–H and O–H groups in total. The minimum atomic E-state index is -0.174. The number of aromatic nitrogens is 1. The Labute approximate surface area is 132 Å². The van der Waals surface area contributed by atoms with Crippen molar-refractivity contribution in [1.82, 2.24) is 10.3 Å². The second-order valence-electron chi connectivity index (χ2n) is 5.48. The summed E-state index contributed by atoms with van der Waals surface area (Å²) in [6, 6.07) is 9.35. The van der Waals surface area contributed by atoms with Crippen molar-refractivity contribution in [2.45, 2.75) is 31.2 Å². The van der Waals surface area contributed by atoms with E-state index in [0.717, 1.165) is 29.4 Å². The van der Waals surface area contributed by atoms with Crippen molar-refractivity contribution >= 4 is 15.9 Å². The van der Waals surface area contributed by atoms with Crippen LogP contribution < -0.4 is 5.32 Å². The number of likely N-dealkylation sites (N-methyl/N-ethyl adjacent to an activating group) is 1. The van der Waals surface area contributed by atoms with E-state index in [1.807, 2.05) is 31.4 Å². The van der Waals surface area contributed by atoms with E-state index < -0.39 is 0 Å². The van der Waals surface area contributed by atoms with Crippen molar-refractivity contribution in [3.63, 3.8) is 0 Å². The van der Waals surface area contributed by atoms with Crippen LogP contribution in [0.15, 0.2) is 41.0 Å². The Kier molecular flexibility index (Phi) is 4.36. The van der Waals surface area contributed by atoms with Gasteiger partial charge in [-0.1, -0.05) is 28.1 Å². The van der Waals surface area contributed by atoms with Gasteiger partial charge < -0.3 is 5.32 Å². The lowest BCUT2D eigenvalue weighted by Gasteiger charge is -2.31. The van der Waals surface area contributed by atoms with Crippen LogP contribution in [0.4, 0.5) is 4.39 Å². The molecule has 0 aliphatic heterocycles. The topological polar surface area (TPSA) is 24.9 Å². The van der Waals surface area contributed by atoms with E-state index in [4.69, 9.17) is 0 Å². The van der Waals surface area contributed by atoms with Crippen molar-refractivity contribution < 1.29 is 4.39 Å². The molecule has 1 aliphatic carbocycles. The molecule has 1 aromatic heterocycles. The number of hydrogen-bond acceptors (Lipinski definition) is 2. The Morgan fingerprint density at radius 3 is 3.00 bits per heavy atom. The predicted molar refractivity (Wildman–Crippen MR) is 85.8 cm³/mol. The number of nitrogens with one attached hydrogen (secondary N) is 1. The van der Waals surface area contributed by atoms with E-state index in [1.165, 1.54) is 11.6 Å². The predicted octanol–water partition coefficient (Wildman–Crippen LogP) is 4.36. The number of hydrogen-bond donors (Lipinski definition) is 1. The van der Waals surface area contributed by atoms with Gasteiger partial charge in [0.1, 0.15) is 5.82 Å². The lowest BCUT2D eigenvalue weighted by Crippen LogP contribution is -2.28. The van der Waals surface area contributed by atoms with Gasteiger partial charge in [-0.25, -0.2) is 4.39 Å². The lowest BCUT2D eigenvalue weighted by molar-refractivity contribution is 0.403. The normalized spacial score (nSPS) is 19.1. The van der Waals surface area contributed by atoms with E-state index in [9.17, 15) is 4.39 Å². The van der Waals surface area contributed by atoms with Crippen molar-refractivity contribution in [2.75, 3.05) is 7.05 Å². The highest BCUT2D eigenvalue weighted by atomic mass is 79.9. The number of fused-ring (bicyclic) bond motifs is 1. The van der Waals surface area contributed by atoms with E-state index in [1.54, 1.807) is 0 Å². The van der Waals surface area contributed by atoms with Crippen LogP contribution in [0, 0.1) is 5.82 Å². The molecule has 21 heavy (non-hydrogen) atoms. The van der Waals surface area contributed by atoms with Gasteiger partial charge in [0.25, 0.3) is 0 Å². The van der Waals surface area contributed by atoms with Crippen LogP contribution in [0.2, 0.25) is 0 Å². The first-order valence-corrected chi connectivity index (χ1v) is 8.06. The van der Waals surface area contributed by atoms with E-state index in [0.29, 0.717) is 5.56 Å². The van der Waals surface area contributed by atoms with Crippen LogP contribution in [0.3, 0.4) is 0 Å². The molecule has 1 aliphatic rings. The highest BCUT2D eigenvalue weighted by Gasteiger charge is 2.30. The van der Waals surface area contributed by atoms with Gasteiger partial charge >= 0.3 is 0 Å². The molecule has 0 spiro atoms. The number of rotatable bonds is 3. The van der Waals surface area contributed by atoms with Gasteiger partial charge in [-0.2, -0.15) is 0 Å². The number of nitrogens with zero attached hydrogens (tertiary/aromatic N) is 1. The standard InChI is InChI=1S/C17H18BrFN2/c1-20-17(13-8-7-12(18)10-15(13)19)14-6-2-4-11-5-3-9-21-16(11)14/h3,5,7-10,14,17,20H,2,4,6H2,1H3. The van der Waals surface area contributed by atoms with Gasteiger partial charge in [0.05, 0.1) is 0 Å². The number of aryl methyl sites for hydroxylation is 1. The third kappa shape index (κ3) is 2.87. The Hall–Kier alpha value is -1.26. The second-order valence-corrected chi connectivity index (χ2v) is 6.39. The van der Waals surface area contributed by atoms with E-state index in [-0.39, 0.29) is 17.8 Å². The maximum Gasteiger partial charge on any atom is 0.129 e. The highest BCUT2D eigenvalue weighted by Crippen LogP contribution is 2.40. The fourth-order valence-corrected chi connectivity index (χ4v) is 3.63. The monoisotopic (exact) mass is 348 g/mol. The summed E-state index contributed by atoms with van der Waals surface area (Å²) >= 11 is 3.32. The fraction of sp³-hybridized carbons (Fsp3) is 0.353. The summed E-state index contributed by atoms with van der Waals surface area (Å²) in [5.41, 5.74) is 3.13. The molecule has 0 saturated carbocycles. The molecule has 0 saturated heterocycles. The summed E-state index contributed by atoms with van der Waals surface area (Å²) in [7, 11) is 1.89. The molecule has 110 valence electrons. The minimum absolute atomic E-state index is 0.0490. The smallest absolute Gasteiger partial charge is 0.129 e. The quantitative estimate of drug-likeness (QED) is 0.890. The Bertz CT molecular complexity index is 644. The lowest BCUT2D eigenvalue weighted by atomic mass is 9.79. The molecule has 0 bridgehead atoms. The summed E-state index contributed by atoms with van der Waals surface area (Å²) < 4.78 is 15.1. The zero-order valence-electron chi connectivity index (χ0n) is 11.9. The van der Waals surface area contributed by atoms with Crippen molar-refractivity contribution in [3.8, 4) is 0 Å². The van der Waals surface area contributed by atoms with Crippen LogP contribution in [0.5, 0.6) is 0 Å². The molecule has 0 amide bonds. The number of halogens is 2. The molecule has 2 nitrogen and oxygen atoms in total. The Morgan fingerprint density at radius 2 is 2.24 bits per heavy atom. The Morgan fingerprint density at radius 1 is 1.38 bits per heavy atom. The van der Waals surface area contributed by atoms with Gasteiger partial charge in [0, 0.05) is 33.9 Å². The van der Waals surface area contributed by atoms with Crippen LogP contribution in [0.1, 0.15) is 41.6 Å². The van der Waals surface area contributed by atoms with E-state index in [2.05, 4.69) is 32.3 Å². The summed E-state index contributed by atoms with van der Waals surface area (Å²) in [5.74, 6) is 0.0439. The molecule has 4 heteroatoms. The van der Waals surface area contributed by atoms with Crippen LogP contribution in [0.25, 0.3) is 0 Å². The first-order chi connectivity index (χ1) is 10.2. The maximum atomic E-state index is 14.3. The van der Waals surface area contributed by atoms with Crippen molar-refractivity contribution in [1.29, 1.82) is 0 Å². The highest BCUT2D eigenvalue weighted by molar-refractivity contribution is 9.10. The average molecular weight is 349 g/mol. The van der Waals surface area contributed by atoms with Gasteiger partial charge in [-0.3, -0.25) is 4.98 Å². The molecule has 0 radical (unpaired) electrons. The maximum absolute atomic E-state index is 14.3. The van der Waals surface area contributed by atoms with Crippen molar-refractivity contribution in [2.24, 2.45) is 0 Å². The number of pyridine rings is 1. The second kappa shape index (κ2) is 6.24. The van der Waals surface area contributed by atoms with Crippen LogP contribution in [-0.2, 0) is 6.42 Å². The molecule has 2 aromatic rings. The van der Waals surface area contributed by atoms with Crippen LogP contribution >= 0.6 is 15.9 Å². The first kappa shape index (κ1) is 14.7. The third-order valence-corrected chi connectivity index (χ3v) is 4.74. The van der Waals surface area contributed by atoms with E-state index >= 15 is 0 Å². The molecule has 0 fully saturated rings. The molecule has 1 aromatic carbocycles. The fourth-order valence-electron chi connectivity index (χ4n) is 3.30. The first-order valence-electron chi connectivity index (χ1n) is 7.26. The SMILES string of the molecule is CNC(c1ccc(Br)cc1F)C1CCCc2cccnc21. The zero-order chi connectivity index (χ0) is 14.8. The van der Waals surface area contributed by atoms with Gasteiger partial charge in [0.15, 0.2) is 0 Å². The van der Waals surface area contributed by atoms with Crippen molar-refractivity contribution in [3.05, 3.63) is 63.6 Å². The molecule has 3 rings (SSSR count). The average Bonchev–Trinajstić information content (AvgIpc) is 2.50. The largest absolute Gasteiger partial charge is 0.312 e. The summed E-state index contributed by atoms with van der Waals surface area (Å²) in [6.07, 6.45) is 5.06. The molecular formula is C17H18BrFN2. The minimum Gasteiger partial charge on any atom is -0.312 e. The Balaban J connectivity index is 2.01. The number of benzene rings is 1. The van der Waals surface area contributed by atoms with Gasteiger partial charge in [0.2, 0.25) is 0 Å². The third-order valence-electron chi connectivity index (χ3n) is 4.25. The van der Waals surface area contributed by atoms with Gasteiger partial charge in [-0.05, 0) is 50.1 Å². The molecule has 1 heterocycles. The summed E-state index contributed by atoms with van der Waals surface area (Å²) in [4.78, 5) is 4.57. The molecule has 2 atom stereocenters.